The van der Waals surface area contributed by atoms with Gasteiger partial charge in [-0.3, -0.25) is 9.59 Å². The number of hydrogen-bond acceptors (Lipinski definition) is 4. The summed E-state index contributed by atoms with van der Waals surface area (Å²) >= 11 is 1.39. The lowest BCUT2D eigenvalue weighted by Gasteiger charge is -2.24. The molecule has 28 heavy (non-hydrogen) atoms. The molecule has 3 unspecified atom stereocenters. The smallest absolute Gasteiger partial charge is 0.326 e. The number of benzene rings is 1. The first-order valence-corrected chi connectivity index (χ1v) is 10.4. The standard InChI is InChI=1S/C21H22N2O4S/c24-19(17-5-2-10-28-17)22-11-13-6-8-14(9-7-13)20(25)23-12-15-3-1-4-16(15)18(23)21(26)27/h2,5-10,15-16,18H,1,3-4,11-12H2,(H,22,24)(H,26,27). The number of hydrogen-bond donors (Lipinski definition) is 2. The van der Waals surface area contributed by atoms with Crippen LogP contribution in [0.25, 0.3) is 0 Å². The number of thiophene rings is 1. The van der Waals surface area contributed by atoms with Crippen molar-refractivity contribution in [3.63, 3.8) is 0 Å². The maximum Gasteiger partial charge on any atom is 0.326 e. The van der Waals surface area contributed by atoms with Gasteiger partial charge >= 0.3 is 5.97 Å². The Kier molecular flexibility index (Phi) is 5.17. The van der Waals surface area contributed by atoms with Crippen LogP contribution in [0, 0.1) is 11.8 Å². The van der Waals surface area contributed by atoms with Crippen molar-refractivity contribution in [1.29, 1.82) is 0 Å². The third-order valence-corrected chi connectivity index (χ3v) is 6.67. The third kappa shape index (κ3) is 3.54. The van der Waals surface area contributed by atoms with Crippen molar-refractivity contribution < 1.29 is 19.5 Å². The minimum Gasteiger partial charge on any atom is -0.480 e. The van der Waals surface area contributed by atoms with Crippen molar-refractivity contribution in [2.45, 2.75) is 31.8 Å². The van der Waals surface area contributed by atoms with E-state index in [1.54, 1.807) is 30.3 Å². The van der Waals surface area contributed by atoms with Gasteiger partial charge in [0.15, 0.2) is 0 Å². The molecule has 1 saturated heterocycles. The summed E-state index contributed by atoms with van der Waals surface area (Å²) in [7, 11) is 0. The van der Waals surface area contributed by atoms with Gasteiger partial charge in [-0.05, 0) is 53.8 Å². The second-order valence-corrected chi connectivity index (χ2v) is 8.40. The number of carboxylic acids is 1. The van der Waals surface area contributed by atoms with Gasteiger partial charge in [0.2, 0.25) is 0 Å². The zero-order valence-corrected chi connectivity index (χ0v) is 16.2. The van der Waals surface area contributed by atoms with Crippen molar-refractivity contribution in [2.24, 2.45) is 11.8 Å². The van der Waals surface area contributed by atoms with E-state index in [1.165, 1.54) is 16.2 Å². The van der Waals surface area contributed by atoms with Crippen LogP contribution in [0.3, 0.4) is 0 Å². The van der Waals surface area contributed by atoms with Crippen LogP contribution >= 0.6 is 11.3 Å². The average molecular weight is 398 g/mol. The molecule has 6 nitrogen and oxygen atoms in total. The molecular weight excluding hydrogens is 376 g/mol. The number of carbonyl (C=O) groups excluding carboxylic acids is 2. The van der Waals surface area contributed by atoms with E-state index in [0.29, 0.717) is 29.4 Å². The van der Waals surface area contributed by atoms with Gasteiger partial charge in [0.1, 0.15) is 6.04 Å². The van der Waals surface area contributed by atoms with Crippen LogP contribution in [0.5, 0.6) is 0 Å². The van der Waals surface area contributed by atoms with E-state index in [1.807, 2.05) is 11.4 Å². The van der Waals surface area contributed by atoms with Crippen molar-refractivity contribution in [3.8, 4) is 0 Å². The van der Waals surface area contributed by atoms with Crippen molar-refractivity contribution in [2.75, 3.05) is 6.54 Å². The van der Waals surface area contributed by atoms with Crippen molar-refractivity contribution in [3.05, 3.63) is 57.8 Å². The number of nitrogens with zero attached hydrogens (tertiary/aromatic N) is 1. The number of fused-ring (bicyclic) bond motifs is 1. The maximum absolute atomic E-state index is 12.9. The van der Waals surface area contributed by atoms with E-state index in [-0.39, 0.29) is 17.7 Å². The first kappa shape index (κ1) is 18.7. The first-order valence-electron chi connectivity index (χ1n) is 9.49. The fourth-order valence-corrected chi connectivity index (χ4v) is 5.08. The Bertz CT molecular complexity index is 878. The van der Waals surface area contributed by atoms with Crippen LogP contribution in [-0.2, 0) is 11.3 Å². The van der Waals surface area contributed by atoms with Crippen molar-refractivity contribution >= 4 is 29.1 Å². The SMILES string of the molecule is O=C(NCc1ccc(C(=O)N2CC3CCCC3C2C(=O)O)cc1)c1cccs1. The molecule has 1 aromatic carbocycles. The Morgan fingerprint density at radius 3 is 2.61 bits per heavy atom. The highest BCUT2D eigenvalue weighted by atomic mass is 32.1. The maximum atomic E-state index is 12.9. The van der Waals surface area contributed by atoms with Gasteiger partial charge in [-0.25, -0.2) is 4.79 Å². The lowest BCUT2D eigenvalue weighted by atomic mass is 9.94. The molecule has 2 aromatic rings. The van der Waals surface area contributed by atoms with Crippen LogP contribution in [0.15, 0.2) is 41.8 Å². The molecular formula is C21H22N2O4S. The summed E-state index contributed by atoms with van der Waals surface area (Å²) in [5.74, 6) is -0.875. The van der Waals surface area contributed by atoms with E-state index < -0.39 is 12.0 Å². The van der Waals surface area contributed by atoms with Gasteiger partial charge in [0, 0.05) is 18.7 Å². The van der Waals surface area contributed by atoms with Gasteiger partial charge in [0.05, 0.1) is 4.88 Å². The molecule has 3 atom stereocenters. The van der Waals surface area contributed by atoms with Crippen LogP contribution in [0.2, 0.25) is 0 Å². The number of rotatable bonds is 5. The molecule has 0 bridgehead atoms. The summed E-state index contributed by atoms with van der Waals surface area (Å²) in [4.78, 5) is 38.9. The lowest BCUT2D eigenvalue weighted by Crippen LogP contribution is -2.43. The van der Waals surface area contributed by atoms with Crippen molar-refractivity contribution in [1.82, 2.24) is 10.2 Å². The molecule has 7 heteroatoms. The zero-order chi connectivity index (χ0) is 19.7. The summed E-state index contributed by atoms with van der Waals surface area (Å²) in [5, 5.41) is 14.3. The molecule has 0 spiro atoms. The van der Waals surface area contributed by atoms with Crippen LogP contribution in [0.4, 0.5) is 0 Å². The monoisotopic (exact) mass is 398 g/mol. The quantitative estimate of drug-likeness (QED) is 0.811. The Morgan fingerprint density at radius 2 is 1.93 bits per heavy atom. The molecule has 1 saturated carbocycles. The zero-order valence-electron chi connectivity index (χ0n) is 15.3. The fourth-order valence-electron chi connectivity index (χ4n) is 4.44. The van der Waals surface area contributed by atoms with E-state index in [9.17, 15) is 19.5 Å². The highest BCUT2D eigenvalue weighted by Crippen LogP contribution is 2.42. The topological polar surface area (TPSA) is 86.7 Å². The minimum absolute atomic E-state index is 0.0770. The van der Waals surface area contributed by atoms with Gasteiger partial charge in [-0.15, -0.1) is 11.3 Å². The Hall–Kier alpha value is -2.67. The molecule has 146 valence electrons. The molecule has 1 aliphatic carbocycles. The second kappa shape index (κ2) is 7.75. The Morgan fingerprint density at radius 1 is 1.14 bits per heavy atom. The summed E-state index contributed by atoms with van der Waals surface area (Å²) in [6.07, 6.45) is 2.93. The average Bonchev–Trinajstić information content (AvgIpc) is 3.42. The van der Waals surface area contributed by atoms with Gasteiger partial charge < -0.3 is 15.3 Å². The largest absolute Gasteiger partial charge is 0.480 e. The molecule has 2 N–H and O–H groups in total. The summed E-state index contributed by atoms with van der Waals surface area (Å²) < 4.78 is 0. The van der Waals surface area contributed by atoms with E-state index in [2.05, 4.69) is 5.32 Å². The van der Waals surface area contributed by atoms with Gasteiger partial charge in [0.25, 0.3) is 11.8 Å². The number of amides is 2. The molecule has 2 fully saturated rings. The predicted octanol–water partition coefficient (Wildman–Crippen LogP) is 3.00. The highest BCUT2D eigenvalue weighted by Gasteiger charge is 2.49. The molecule has 2 aliphatic rings. The molecule has 1 aliphatic heterocycles. The number of carbonyl (C=O) groups is 3. The van der Waals surface area contributed by atoms with Crippen LogP contribution in [-0.4, -0.2) is 40.4 Å². The van der Waals surface area contributed by atoms with E-state index in [4.69, 9.17) is 0 Å². The van der Waals surface area contributed by atoms with E-state index in [0.717, 1.165) is 24.8 Å². The van der Waals surface area contributed by atoms with E-state index >= 15 is 0 Å². The van der Waals surface area contributed by atoms with Gasteiger partial charge in [-0.2, -0.15) is 0 Å². The highest BCUT2D eigenvalue weighted by molar-refractivity contribution is 7.12. The minimum atomic E-state index is -0.907. The lowest BCUT2D eigenvalue weighted by molar-refractivity contribution is -0.142. The summed E-state index contributed by atoms with van der Waals surface area (Å²) in [5.41, 5.74) is 1.37. The fraction of sp³-hybridized carbons (Fsp3) is 0.381. The number of carboxylic acid groups (broad SMARTS) is 1. The Balaban J connectivity index is 1.41. The molecule has 4 rings (SSSR count). The number of nitrogens with one attached hydrogen (secondary N) is 1. The number of likely N-dealkylation sites (tertiary alicyclic amines) is 1. The van der Waals surface area contributed by atoms with Crippen LogP contribution in [0.1, 0.15) is 44.9 Å². The molecule has 1 aromatic heterocycles. The van der Waals surface area contributed by atoms with Crippen LogP contribution < -0.4 is 5.32 Å². The molecule has 0 radical (unpaired) electrons. The summed E-state index contributed by atoms with van der Waals surface area (Å²) in [6.45, 7) is 0.899. The first-order chi connectivity index (χ1) is 13.5. The second-order valence-electron chi connectivity index (χ2n) is 7.45. The van der Waals surface area contributed by atoms with Gasteiger partial charge in [-0.1, -0.05) is 24.6 Å². The predicted molar refractivity (Wildman–Crippen MR) is 105 cm³/mol. The third-order valence-electron chi connectivity index (χ3n) is 5.80. The number of aliphatic carboxylic acids is 1. The normalized spacial score (nSPS) is 23.4. The molecule has 2 heterocycles. The molecule has 2 amide bonds. The summed E-state index contributed by atoms with van der Waals surface area (Å²) in [6, 6.07) is 9.90. The Labute approximate surface area is 167 Å².